The van der Waals surface area contributed by atoms with Gasteiger partial charge >= 0.3 is 0 Å². The largest absolute Gasteiger partial charge is 0.365 e. The number of amides is 1. The van der Waals surface area contributed by atoms with Gasteiger partial charge in [-0.25, -0.2) is 4.98 Å². The fourth-order valence-corrected chi connectivity index (χ4v) is 4.00. The smallest absolute Gasteiger partial charge is 0.274 e. The molecule has 1 aromatic carbocycles. The fraction of sp³-hybridized carbons (Fsp3) is 0.348. The number of likely N-dealkylation sites (tertiary alicyclic amines) is 1. The summed E-state index contributed by atoms with van der Waals surface area (Å²) in [5.74, 6) is 2.12. The molecule has 9 heteroatoms. The molecule has 5 rings (SSSR count). The van der Waals surface area contributed by atoms with E-state index in [0.29, 0.717) is 36.4 Å². The van der Waals surface area contributed by atoms with Crippen molar-refractivity contribution < 1.29 is 9.32 Å². The van der Waals surface area contributed by atoms with E-state index in [1.54, 1.807) is 13.1 Å². The van der Waals surface area contributed by atoms with Gasteiger partial charge in [-0.3, -0.25) is 9.89 Å². The van der Waals surface area contributed by atoms with Crippen LogP contribution in [0.1, 0.15) is 48.3 Å². The van der Waals surface area contributed by atoms with Crippen molar-refractivity contribution >= 4 is 22.5 Å². The van der Waals surface area contributed by atoms with Crippen molar-refractivity contribution in [1.29, 1.82) is 0 Å². The summed E-state index contributed by atoms with van der Waals surface area (Å²) in [6, 6.07) is 9.95. The molecule has 0 saturated carbocycles. The normalized spacial score (nSPS) is 16.2. The van der Waals surface area contributed by atoms with Crippen LogP contribution in [0.2, 0.25) is 0 Å². The summed E-state index contributed by atoms with van der Waals surface area (Å²) in [6.45, 7) is 7.19. The van der Waals surface area contributed by atoms with Crippen LogP contribution in [0.15, 0.2) is 41.1 Å². The van der Waals surface area contributed by atoms with Gasteiger partial charge in [-0.1, -0.05) is 31.1 Å². The van der Waals surface area contributed by atoms with Crippen LogP contribution in [-0.2, 0) is 0 Å². The lowest BCUT2D eigenvalue weighted by atomic mass is 10.1. The van der Waals surface area contributed by atoms with Crippen LogP contribution in [0.3, 0.4) is 0 Å². The van der Waals surface area contributed by atoms with Crippen molar-refractivity contribution in [1.82, 2.24) is 30.2 Å². The van der Waals surface area contributed by atoms with E-state index in [2.05, 4.69) is 44.5 Å². The summed E-state index contributed by atoms with van der Waals surface area (Å²) in [4.78, 5) is 23.6. The van der Waals surface area contributed by atoms with E-state index in [-0.39, 0.29) is 11.9 Å². The van der Waals surface area contributed by atoms with Gasteiger partial charge in [0.2, 0.25) is 11.7 Å². The van der Waals surface area contributed by atoms with Crippen molar-refractivity contribution in [3.8, 4) is 11.4 Å². The highest BCUT2D eigenvalue weighted by molar-refractivity contribution is 5.95. The van der Waals surface area contributed by atoms with Gasteiger partial charge in [0.15, 0.2) is 0 Å². The topological polar surface area (TPSA) is 113 Å². The van der Waals surface area contributed by atoms with E-state index in [1.807, 2.05) is 35.2 Å². The van der Waals surface area contributed by atoms with Gasteiger partial charge in [0.1, 0.15) is 11.5 Å². The molecule has 0 spiro atoms. The zero-order valence-corrected chi connectivity index (χ0v) is 18.3. The molecule has 32 heavy (non-hydrogen) atoms. The van der Waals surface area contributed by atoms with Gasteiger partial charge in [-0.15, -0.1) is 0 Å². The highest BCUT2D eigenvalue weighted by atomic mass is 16.5. The van der Waals surface area contributed by atoms with Crippen LogP contribution in [0.25, 0.3) is 22.2 Å². The number of pyridine rings is 1. The minimum absolute atomic E-state index is 0.0434. The molecule has 1 aliphatic heterocycles. The van der Waals surface area contributed by atoms with Gasteiger partial charge in [0.25, 0.3) is 5.91 Å². The lowest BCUT2D eigenvalue weighted by Crippen LogP contribution is -2.32. The molecule has 1 fully saturated rings. The molecule has 1 unspecified atom stereocenters. The second-order valence-corrected chi connectivity index (χ2v) is 8.48. The Balaban J connectivity index is 1.34. The summed E-state index contributed by atoms with van der Waals surface area (Å²) in [5, 5.41) is 16.8. The third-order valence-electron chi connectivity index (χ3n) is 5.81. The van der Waals surface area contributed by atoms with Crippen LogP contribution in [0.5, 0.6) is 0 Å². The maximum Gasteiger partial charge on any atom is 0.274 e. The van der Waals surface area contributed by atoms with Gasteiger partial charge in [-0.05, 0) is 35.9 Å². The molecule has 9 nitrogen and oxygen atoms in total. The average Bonchev–Trinajstić information content (AvgIpc) is 3.54. The Morgan fingerprint density at radius 2 is 2.16 bits per heavy atom. The van der Waals surface area contributed by atoms with E-state index in [4.69, 9.17) is 4.52 Å². The number of aromatic nitrogens is 5. The van der Waals surface area contributed by atoms with Gasteiger partial charge in [0, 0.05) is 48.9 Å². The van der Waals surface area contributed by atoms with Gasteiger partial charge in [-0.2, -0.15) is 10.1 Å². The zero-order chi connectivity index (χ0) is 22.2. The number of carbonyl (C=O) groups excluding carboxylic acids is 1. The van der Waals surface area contributed by atoms with Gasteiger partial charge in [0.05, 0.1) is 0 Å². The van der Waals surface area contributed by atoms with Gasteiger partial charge < -0.3 is 14.7 Å². The van der Waals surface area contributed by atoms with E-state index >= 15 is 0 Å². The SMILES string of the molecule is Cc1nc(-c2ccc3ccnc(NC4CCN(C(=O)c5cc(C(C)C)[nH]n5)C4)c3c2)no1. The first-order valence-corrected chi connectivity index (χ1v) is 10.8. The lowest BCUT2D eigenvalue weighted by molar-refractivity contribution is 0.0785. The number of carbonyl (C=O) groups is 1. The molecule has 164 valence electrons. The van der Waals surface area contributed by atoms with Crippen LogP contribution >= 0.6 is 0 Å². The molecular formula is C23H25N7O2. The number of benzene rings is 1. The number of aromatic amines is 1. The minimum Gasteiger partial charge on any atom is -0.365 e. The number of anilines is 1. The molecule has 3 aromatic heterocycles. The molecule has 1 saturated heterocycles. The van der Waals surface area contributed by atoms with Crippen LogP contribution in [0, 0.1) is 6.92 Å². The third kappa shape index (κ3) is 3.81. The number of hydrogen-bond acceptors (Lipinski definition) is 7. The Morgan fingerprint density at radius 1 is 1.28 bits per heavy atom. The Hall–Kier alpha value is -3.75. The number of nitrogens with one attached hydrogen (secondary N) is 2. The van der Waals surface area contributed by atoms with Crippen LogP contribution < -0.4 is 5.32 Å². The first-order chi connectivity index (χ1) is 15.5. The number of aryl methyl sites for hydroxylation is 1. The van der Waals surface area contributed by atoms with Crippen LogP contribution in [-0.4, -0.2) is 55.3 Å². The van der Waals surface area contributed by atoms with Crippen molar-refractivity contribution in [2.45, 2.75) is 39.2 Å². The van der Waals surface area contributed by atoms with E-state index < -0.39 is 0 Å². The predicted octanol–water partition coefficient (Wildman–Crippen LogP) is 3.77. The number of hydrogen-bond donors (Lipinski definition) is 2. The Bertz CT molecular complexity index is 1280. The lowest BCUT2D eigenvalue weighted by Gasteiger charge is -2.17. The van der Waals surface area contributed by atoms with Crippen molar-refractivity contribution in [2.24, 2.45) is 0 Å². The fourth-order valence-electron chi connectivity index (χ4n) is 4.00. The van der Waals surface area contributed by atoms with Crippen molar-refractivity contribution in [3.63, 3.8) is 0 Å². The number of rotatable bonds is 5. The summed E-state index contributed by atoms with van der Waals surface area (Å²) in [6.07, 6.45) is 2.63. The first-order valence-electron chi connectivity index (χ1n) is 10.8. The Labute approximate surface area is 185 Å². The third-order valence-corrected chi connectivity index (χ3v) is 5.81. The monoisotopic (exact) mass is 431 g/mol. The highest BCUT2D eigenvalue weighted by Gasteiger charge is 2.29. The average molecular weight is 432 g/mol. The van der Waals surface area contributed by atoms with E-state index in [9.17, 15) is 4.79 Å². The Kier molecular flexibility index (Phi) is 5.08. The quantitative estimate of drug-likeness (QED) is 0.494. The molecule has 1 amide bonds. The molecule has 0 radical (unpaired) electrons. The zero-order valence-electron chi connectivity index (χ0n) is 18.3. The molecule has 0 bridgehead atoms. The molecule has 4 aromatic rings. The second kappa shape index (κ2) is 8.07. The standard InChI is InChI=1S/C23H25N7O2/c1-13(2)19-11-20(28-27-19)23(31)30-9-7-17(12-30)26-22-18-10-16(21-25-14(3)32-29-21)5-4-15(18)6-8-24-22/h4-6,8,10-11,13,17H,7,9,12H2,1-3H3,(H,24,26)(H,27,28). The molecule has 2 N–H and O–H groups in total. The van der Waals surface area contributed by atoms with Crippen LogP contribution in [0.4, 0.5) is 5.82 Å². The predicted molar refractivity (Wildman–Crippen MR) is 120 cm³/mol. The molecule has 1 aliphatic rings. The number of fused-ring (bicyclic) bond motifs is 1. The molecule has 4 heterocycles. The highest BCUT2D eigenvalue weighted by Crippen LogP contribution is 2.28. The summed E-state index contributed by atoms with van der Waals surface area (Å²) < 4.78 is 5.12. The maximum absolute atomic E-state index is 12.9. The maximum atomic E-state index is 12.9. The first kappa shape index (κ1) is 20.2. The second-order valence-electron chi connectivity index (χ2n) is 8.48. The summed E-state index contributed by atoms with van der Waals surface area (Å²) in [5.41, 5.74) is 2.31. The number of H-pyrrole nitrogens is 1. The molecule has 0 aliphatic carbocycles. The van der Waals surface area contributed by atoms with E-state index in [1.165, 1.54) is 0 Å². The molecular weight excluding hydrogens is 406 g/mol. The minimum atomic E-state index is -0.0434. The van der Waals surface area contributed by atoms with Crippen molar-refractivity contribution in [2.75, 3.05) is 18.4 Å². The Morgan fingerprint density at radius 3 is 2.91 bits per heavy atom. The summed E-state index contributed by atoms with van der Waals surface area (Å²) >= 11 is 0. The van der Waals surface area contributed by atoms with Crippen molar-refractivity contribution in [3.05, 3.63) is 53.8 Å². The number of nitrogens with zero attached hydrogens (tertiary/aromatic N) is 5. The molecule has 1 atom stereocenters. The summed E-state index contributed by atoms with van der Waals surface area (Å²) in [7, 11) is 0. The van der Waals surface area contributed by atoms with E-state index in [0.717, 1.165) is 34.3 Å².